The summed E-state index contributed by atoms with van der Waals surface area (Å²) < 4.78 is 44.4. The number of anilines is 1. The molecule has 0 bridgehead atoms. The summed E-state index contributed by atoms with van der Waals surface area (Å²) in [6.45, 7) is 0. The molecule has 1 aromatic carbocycles. The maximum atomic E-state index is 13.2. The van der Waals surface area contributed by atoms with Crippen LogP contribution in [0.3, 0.4) is 0 Å². The molecule has 3 aromatic rings. The fraction of sp³-hybridized carbons (Fsp3) is 0.118. The Hall–Kier alpha value is -2.94. The van der Waals surface area contributed by atoms with Crippen LogP contribution < -0.4 is 10.2 Å². The van der Waals surface area contributed by atoms with Crippen molar-refractivity contribution in [3.8, 4) is 17.0 Å². The van der Waals surface area contributed by atoms with Crippen LogP contribution in [0.25, 0.3) is 11.3 Å². The molecule has 0 aliphatic carbocycles. The molecule has 0 aliphatic rings. The minimum atomic E-state index is -2.77. The highest BCUT2D eigenvalue weighted by Gasteiger charge is 2.14. The highest BCUT2D eigenvalue weighted by atomic mass is 32.1. The van der Waals surface area contributed by atoms with E-state index in [0.29, 0.717) is 21.9 Å². The summed E-state index contributed by atoms with van der Waals surface area (Å²) in [7, 11) is 1.51. The number of rotatable bonds is 6. The quantitative estimate of drug-likeness (QED) is 0.497. The van der Waals surface area contributed by atoms with Gasteiger partial charge in [0.1, 0.15) is 11.4 Å². The first kappa shape index (κ1) is 17.9. The summed E-state index contributed by atoms with van der Waals surface area (Å²) in [4.78, 5) is 8.51. The number of hydrogen-bond donors (Lipinski definition) is 1. The number of thiophene rings is 1. The maximum absolute atomic E-state index is 13.2. The molecular formula is C17H13F3N4OS. The van der Waals surface area contributed by atoms with E-state index in [0.717, 1.165) is 11.3 Å². The molecule has 134 valence electrons. The van der Waals surface area contributed by atoms with Gasteiger partial charge in [-0.15, -0.1) is 11.3 Å². The first-order chi connectivity index (χ1) is 12.5. The standard InChI is InChI=1S/C17H13F3N4OS/c1-25-11-4-2-3-10(7-11)13-8-14(16(19)20)23-17(22-13)24-21-9-12-5-6-15(18)26-12/h2-9,16H,1H3,(H,22,23,24)/b21-9+. The van der Waals surface area contributed by atoms with Crippen LogP contribution in [0.5, 0.6) is 5.75 Å². The molecule has 5 nitrogen and oxygen atoms in total. The van der Waals surface area contributed by atoms with Crippen molar-refractivity contribution < 1.29 is 17.9 Å². The lowest BCUT2D eigenvalue weighted by molar-refractivity contribution is 0.146. The number of benzene rings is 1. The molecule has 26 heavy (non-hydrogen) atoms. The molecule has 0 aliphatic heterocycles. The summed E-state index contributed by atoms with van der Waals surface area (Å²) in [5.74, 6) is 0.487. The lowest BCUT2D eigenvalue weighted by atomic mass is 10.1. The molecule has 2 heterocycles. The highest BCUT2D eigenvalue weighted by Crippen LogP contribution is 2.27. The van der Waals surface area contributed by atoms with Gasteiger partial charge in [0.2, 0.25) is 5.95 Å². The van der Waals surface area contributed by atoms with Crippen LogP contribution in [0.4, 0.5) is 19.1 Å². The second-order valence-electron chi connectivity index (χ2n) is 5.05. The predicted octanol–water partition coefficient (Wildman–Crippen LogP) is 4.74. The zero-order valence-electron chi connectivity index (χ0n) is 13.5. The number of alkyl halides is 2. The second kappa shape index (κ2) is 7.96. The third kappa shape index (κ3) is 4.37. The number of hydrogen-bond acceptors (Lipinski definition) is 6. The topological polar surface area (TPSA) is 59.4 Å². The number of aromatic nitrogens is 2. The van der Waals surface area contributed by atoms with E-state index in [2.05, 4.69) is 20.5 Å². The van der Waals surface area contributed by atoms with Crippen molar-refractivity contribution in [3.05, 3.63) is 58.2 Å². The predicted molar refractivity (Wildman–Crippen MR) is 94.5 cm³/mol. The van der Waals surface area contributed by atoms with E-state index in [-0.39, 0.29) is 11.1 Å². The average Bonchev–Trinajstić information content (AvgIpc) is 3.06. The molecular weight excluding hydrogens is 365 g/mol. The van der Waals surface area contributed by atoms with Crippen molar-refractivity contribution in [2.24, 2.45) is 5.10 Å². The molecule has 2 aromatic heterocycles. The van der Waals surface area contributed by atoms with E-state index < -0.39 is 12.1 Å². The van der Waals surface area contributed by atoms with Gasteiger partial charge in [0.15, 0.2) is 5.13 Å². The smallest absolute Gasteiger partial charge is 0.280 e. The minimum Gasteiger partial charge on any atom is -0.497 e. The summed E-state index contributed by atoms with van der Waals surface area (Å²) >= 11 is 0.904. The molecule has 0 saturated carbocycles. The minimum absolute atomic E-state index is 0.0890. The molecule has 3 rings (SSSR count). The van der Waals surface area contributed by atoms with Gasteiger partial charge in [-0.05, 0) is 30.3 Å². The van der Waals surface area contributed by atoms with Crippen LogP contribution >= 0.6 is 11.3 Å². The van der Waals surface area contributed by atoms with Crippen molar-refractivity contribution in [2.45, 2.75) is 6.43 Å². The lowest BCUT2D eigenvalue weighted by Gasteiger charge is -2.08. The monoisotopic (exact) mass is 378 g/mol. The van der Waals surface area contributed by atoms with E-state index in [1.54, 1.807) is 30.3 Å². The van der Waals surface area contributed by atoms with Crippen molar-refractivity contribution in [2.75, 3.05) is 12.5 Å². The Morgan fingerprint density at radius 2 is 2.04 bits per heavy atom. The zero-order chi connectivity index (χ0) is 18.5. The Kier molecular flexibility index (Phi) is 5.47. The largest absolute Gasteiger partial charge is 0.497 e. The first-order valence-corrected chi connectivity index (χ1v) is 8.23. The molecule has 0 amide bonds. The number of nitrogens with zero attached hydrogens (tertiary/aromatic N) is 3. The third-order valence-corrected chi connectivity index (χ3v) is 4.09. The van der Waals surface area contributed by atoms with Gasteiger partial charge >= 0.3 is 0 Å². The Morgan fingerprint density at radius 3 is 2.73 bits per heavy atom. The van der Waals surface area contributed by atoms with E-state index in [9.17, 15) is 13.2 Å². The summed E-state index contributed by atoms with van der Waals surface area (Å²) in [6, 6.07) is 10.9. The van der Waals surface area contributed by atoms with Crippen LogP contribution in [-0.4, -0.2) is 23.3 Å². The van der Waals surface area contributed by atoms with E-state index in [4.69, 9.17) is 4.74 Å². The molecule has 0 spiro atoms. The summed E-state index contributed by atoms with van der Waals surface area (Å²) in [6.07, 6.45) is -1.41. The third-order valence-electron chi connectivity index (χ3n) is 3.29. The van der Waals surface area contributed by atoms with Crippen molar-refractivity contribution >= 4 is 23.5 Å². The molecule has 0 unspecified atom stereocenters. The van der Waals surface area contributed by atoms with Crippen molar-refractivity contribution in [1.29, 1.82) is 0 Å². The van der Waals surface area contributed by atoms with Crippen molar-refractivity contribution in [3.63, 3.8) is 0 Å². The van der Waals surface area contributed by atoms with E-state index >= 15 is 0 Å². The Morgan fingerprint density at radius 1 is 1.19 bits per heavy atom. The summed E-state index contributed by atoms with van der Waals surface area (Å²) in [5, 5.41) is 3.52. The fourth-order valence-corrected chi connectivity index (χ4v) is 2.71. The van der Waals surface area contributed by atoms with Crippen LogP contribution in [0, 0.1) is 5.13 Å². The van der Waals surface area contributed by atoms with Crippen LogP contribution in [0.15, 0.2) is 47.6 Å². The zero-order valence-corrected chi connectivity index (χ0v) is 14.3. The molecule has 0 saturated heterocycles. The van der Waals surface area contributed by atoms with Gasteiger partial charge in [0.05, 0.1) is 23.9 Å². The van der Waals surface area contributed by atoms with Crippen LogP contribution in [-0.2, 0) is 0 Å². The van der Waals surface area contributed by atoms with Gasteiger partial charge in [-0.2, -0.15) is 9.49 Å². The Bertz CT molecular complexity index is 930. The highest BCUT2D eigenvalue weighted by molar-refractivity contribution is 7.12. The van der Waals surface area contributed by atoms with Gasteiger partial charge < -0.3 is 4.74 Å². The SMILES string of the molecule is COc1cccc(-c2cc(C(F)F)nc(N/N=C/c3ccc(F)s3)n2)c1. The van der Waals surface area contributed by atoms with Gasteiger partial charge in [0.25, 0.3) is 6.43 Å². The van der Waals surface area contributed by atoms with E-state index in [1.807, 2.05) is 0 Å². The second-order valence-corrected chi connectivity index (χ2v) is 6.11. The van der Waals surface area contributed by atoms with Gasteiger partial charge in [-0.1, -0.05) is 12.1 Å². The number of nitrogens with one attached hydrogen (secondary N) is 1. The molecule has 0 fully saturated rings. The first-order valence-electron chi connectivity index (χ1n) is 7.41. The van der Waals surface area contributed by atoms with Crippen LogP contribution in [0.2, 0.25) is 0 Å². The molecule has 0 radical (unpaired) electrons. The molecule has 0 atom stereocenters. The average molecular weight is 378 g/mol. The molecule has 1 N–H and O–H groups in total. The molecule has 9 heteroatoms. The summed E-state index contributed by atoms with van der Waals surface area (Å²) in [5.41, 5.74) is 2.97. The normalized spacial score (nSPS) is 11.3. The van der Waals surface area contributed by atoms with E-state index in [1.165, 1.54) is 25.5 Å². The van der Waals surface area contributed by atoms with Gasteiger partial charge in [-0.25, -0.2) is 24.2 Å². The van der Waals surface area contributed by atoms with Crippen molar-refractivity contribution in [1.82, 2.24) is 9.97 Å². The fourth-order valence-electron chi connectivity index (χ4n) is 2.11. The van der Waals surface area contributed by atoms with Gasteiger partial charge in [0, 0.05) is 5.56 Å². The lowest BCUT2D eigenvalue weighted by Crippen LogP contribution is -2.02. The number of methoxy groups -OCH3 is 1. The number of ether oxygens (including phenoxy) is 1. The van der Waals surface area contributed by atoms with Gasteiger partial charge in [-0.3, -0.25) is 0 Å². The Balaban J connectivity index is 1.89. The number of hydrazone groups is 1. The maximum Gasteiger partial charge on any atom is 0.280 e. The Labute approximate surface area is 151 Å². The number of halogens is 3. The van der Waals surface area contributed by atoms with Crippen LogP contribution in [0.1, 0.15) is 17.0 Å².